The number of ether oxygens (including phenoxy) is 2. The molecule has 0 saturated carbocycles. The molecule has 122 valence electrons. The zero-order valence-corrected chi connectivity index (χ0v) is 14.0. The largest absolute Gasteiger partial charge is 0.493 e. The molecule has 3 N–H and O–H groups in total. The zero-order chi connectivity index (χ0) is 16.5. The number of benzene rings is 1. The number of nitrogens with two attached hydrogens (primary N) is 1. The molecule has 5 nitrogen and oxygen atoms in total. The summed E-state index contributed by atoms with van der Waals surface area (Å²) in [6.07, 6.45) is 0. The first-order chi connectivity index (χ1) is 10.3. The standard InChI is InChI=1S/C17H26N2O3/c1-17(2,3)15(18)9-19-11(10-20)8-12-13(19)6-7-14(21-4)16(12)22-5/h6-8,15,20H,9-10,18H2,1-5H3. The van der Waals surface area contributed by atoms with Crippen LogP contribution in [0.3, 0.4) is 0 Å². The van der Waals surface area contributed by atoms with E-state index in [-0.39, 0.29) is 18.1 Å². The average molecular weight is 306 g/mol. The summed E-state index contributed by atoms with van der Waals surface area (Å²) in [4.78, 5) is 0. The van der Waals surface area contributed by atoms with Crippen molar-refractivity contribution in [1.29, 1.82) is 0 Å². The van der Waals surface area contributed by atoms with E-state index in [1.54, 1.807) is 14.2 Å². The molecule has 0 radical (unpaired) electrons. The maximum atomic E-state index is 9.69. The molecule has 1 aromatic carbocycles. The molecule has 5 heteroatoms. The molecule has 0 bridgehead atoms. The van der Waals surface area contributed by atoms with Crippen molar-refractivity contribution < 1.29 is 14.6 Å². The fraction of sp³-hybridized carbons (Fsp3) is 0.529. The van der Waals surface area contributed by atoms with Gasteiger partial charge in [-0.25, -0.2) is 0 Å². The number of aromatic nitrogens is 1. The molecule has 0 amide bonds. The van der Waals surface area contributed by atoms with E-state index in [1.165, 1.54) is 0 Å². The van der Waals surface area contributed by atoms with Gasteiger partial charge in [-0.1, -0.05) is 20.8 Å². The fourth-order valence-electron chi connectivity index (χ4n) is 2.53. The van der Waals surface area contributed by atoms with Crippen LogP contribution in [0.1, 0.15) is 26.5 Å². The summed E-state index contributed by atoms with van der Waals surface area (Å²) >= 11 is 0. The smallest absolute Gasteiger partial charge is 0.170 e. The predicted octanol–water partition coefficient (Wildman–Crippen LogP) is 2.52. The molecule has 22 heavy (non-hydrogen) atoms. The highest BCUT2D eigenvalue weighted by molar-refractivity contribution is 5.90. The maximum absolute atomic E-state index is 9.69. The lowest BCUT2D eigenvalue weighted by Crippen LogP contribution is -2.39. The highest BCUT2D eigenvalue weighted by atomic mass is 16.5. The van der Waals surface area contributed by atoms with Gasteiger partial charge < -0.3 is 24.9 Å². The average Bonchev–Trinajstić information content (AvgIpc) is 2.83. The lowest BCUT2D eigenvalue weighted by Gasteiger charge is -2.28. The van der Waals surface area contributed by atoms with Gasteiger partial charge in [0.05, 0.1) is 26.3 Å². The van der Waals surface area contributed by atoms with Gasteiger partial charge >= 0.3 is 0 Å². The minimum absolute atomic E-state index is 0.0140. The summed E-state index contributed by atoms with van der Waals surface area (Å²) in [6.45, 7) is 6.94. The highest BCUT2D eigenvalue weighted by Crippen LogP contribution is 2.37. The quantitative estimate of drug-likeness (QED) is 0.890. The minimum atomic E-state index is -0.0446. The number of rotatable bonds is 5. The predicted molar refractivity (Wildman–Crippen MR) is 88.4 cm³/mol. The van der Waals surface area contributed by atoms with Crippen LogP contribution in [-0.4, -0.2) is 29.9 Å². The molecule has 0 aliphatic rings. The van der Waals surface area contributed by atoms with Gasteiger partial charge in [0.2, 0.25) is 0 Å². The Morgan fingerprint density at radius 3 is 2.41 bits per heavy atom. The Kier molecular flexibility index (Phi) is 4.68. The molecule has 1 heterocycles. The fourth-order valence-corrected chi connectivity index (χ4v) is 2.53. The molecule has 0 saturated heterocycles. The second kappa shape index (κ2) is 6.18. The first kappa shape index (κ1) is 16.6. The number of hydrogen-bond donors (Lipinski definition) is 2. The molecule has 0 aliphatic carbocycles. The molecule has 1 unspecified atom stereocenters. The van der Waals surface area contributed by atoms with Crippen molar-refractivity contribution in [2.24, 2.45) is 11.1 Å². The number of methoxy groups -OCH3 is 2. The van der Waals surface area contributed by atoms with Crippen LogP contribution in [0.4, 0.5) is 0 Å². The summed E-state index contributed by atoms with van der Waals surface area (Å²) in [7, 11) is 3.23. The lowest BCUT2D eigenvalue weighted by molar-refractivity contribution is 0.257. The first-order valence-electron chi connectivity index (χ1n) is 7.43. The molecular formula is C17H26N2O3. The number of nitrogens with zero attached hydrogens (tertiary/aromatic N) is 1. The van der Waals surface area contributed by atoms with Gasteiger partial charge in [0, 0.05) is 23.7 Å². The van der Waals surface area contributed by atoms with E-state index in [0.29, 0.717) is 18.0 Å². The summed E-state index contributed by atoms with van der Waals surface area (Å²) in [5.74, 6) is 1.36. The number of aliphatic hydroxyl groups is 1. The second-order valence-electron chi connectivity index (χ2n) is 6.61. The topological polar surface area (TPSA) is 69.6 Å². The van der Waals surface area contributed by atoms with Gasteiger partial charge in [-0.05, 0) is 23.6 Å². The summed E-state index contributed by atoms with van der Waals surface area (Å²) in [6, 6.07) is 5.76. The molecule has 1 atom stereocenters. The monoisotopic (exact) mass is 306 g/mol. The van der Waals surface area contributed by atoms with Crippen LogP contribution in [0, 0.1) is 5.41 Å². The molecule has 0 spiro atoms. The van der Waals surface area contributed by atoms with Gasteiger partial charge in [-0.2, -0.15) is 0 Å². The minimum Gasteiger partial charge on any atom is -0.493 e. The third-order valence-corrected chi connectivity index (χ3v) is 4.16. The van der Waals surface area contributed by atoms with E-state index < -0.39 is 0 Å². The Morgan fingerprint density at radius 1 is 1.23 bits per heavy atom. The van der Waals surface area contributed by atoms with Gasteiger partial charge in [0.25, 0.3) is 0 Å². The third-order valence-electron chi connectivity index (χ3n) is 4.16. The molecule has 2 rings (SSSR count). The Morgan fingerprint density at radius 2 is 1.91 bits per heavy atom. The van der Waals surface area contributed by atoms with E-state index in [2.05, 4.69) is 25.3 Å². The van der Waals surface area contributed by atoms with E-state index in [4.69, 9.17) is 15.2 Å². The van der Waals surface area contributed by atoms with Crippen molar-refractivity contribution >= 4 is 10.9 Å². The van der Waals surface area contributed by atoms with Crippen LogP contribution in [0.5, 0.6) is 11.5 Å². The Hall–Kier alpha value is -1.72. The van der Waals surface area contributed by atoms with Crippen molar-refractivity contribution in [2.75, 3.05) is 14.2 Å². The van der Waals surface area contributed by atoms with Crippen LogP contribution < -0.4 is 15.2 Å². The van der Waals surface area contributed by atoms with Gasteiger partial charge in [-0.3, -0.25) is 0 Å². The third kappa shape index (κ3) is 2.91. The van der Waals surface area contributed by atoms with Crippen molar-refractivity contribution in [3.63, 3.8) is 0 Å². The van der Waals surface area contributed by atoms with Crippen LogP contribution in [0.25, 0.3) is 10.9 Å². The number of hydrogen-bond acceptors (Lipinski definition) is 4. The lowest BCUT2D eigenvalue weighted by atomic mass is 9.87. The van der Waals surface area contributed by atoms with Crippen LogP contribution in [0.2, 0.25) is 0 Å². The van der Waals surface area contributed by atoms with Crippen molar-refractivity contribution in [3.8, 4) is 11.5 Å². The molecular weight excluding hydrogens is 280 g/mol. The highest BCUT2D eigenvalue weighted by Gasteiger charge is 2.23. The van der Waals surface area contributed by atoms with E-state index in [9.17, 15) is 5.11 Å². The van der Waals surface area contributed by atoms with Gasteiger partial charge in [0.1, 0.15) is 0 Å². The normalized spacial score (nSPS) is 13.4. The van der Waals surface area contributed by atoms with E-state index in [0.717, 1.165) is 16.6 Å². The van der Waals surface area contributed by atoms with Crippen molar-refractivity contribution in [1.82, 2.24) is 4.57 Å². The second-order valence-corrected chi connectivity index (χ2v) is 6.61. The number of fused-ring (bicyclic) bond motifs is 1. The summed E-state index contributed by atoms with van der Waals surface area (Å²) < 4.78 is 12.9. The van der Waals surface area contributed by atoms with E-state index >= 15 is 0 Å². The summed E-state index contributed by atoms with van der Waals surface area (Å²) in [5.41, 5.74) is 8.12. The SMILES string of the molecule is COc1ccc2c(cc(CO)n2CC(N)C(C)(C)C)c1OC. The van der Waals surface area contributed by atoms with Gasteiger partial charge in [0.15, 0.2) is 11.5 Å². The van der Waals surface area contributed by atoms with E-state index in [1.807, 2.05) is 18.2 Å². The van der Waals surface area contributed by atoms with Crippen LogP contribution >= 0.6 is 0 Å². The van der Waals surface area contributed by atoms with Crippen LogP contribution in [0.15, 0.2) is 18.2 Å². The molecule has 2 aromatic rings. The van der Waals surface area contributed by atoms with Crippen molar-refractivity contribution in [3.05, 3.63) is 23.9 Å². The Labute approximate surface area is 131 Å². The zero-order valence-electron chi connectivity index (χ0n) is 14.0. The van der Waals surface area contributed by atoms with Crippen LogP contribution in [-0.2, 0) is 13.2 Å². The Bertz CT molecular complexity index is 656. The first-order valence-corrected chi connectivity index (χ1v) is 7.43. The van der Waals surface area contributed by atoms with Crippen molar-refractivity contribution in [2.45, 2.75) is 40.0 Å². The van der Waals surface area contributed by atoms with Gasteiger partial charge in [-0.15, -0.1) is 0 Å². The Balaban J connectivity index is 2.59. The molecule has 1 aromatic heterocycles. The molecule has 0 aliphatic heterocycles. The number of aliphatic hydroxyl groups excluding tert-OH is 1. The molecule has 0 fully saturated rings. The summed E-state index contributed by atoms with van der Waals surface area (Å²) in [5, 5.41) is 10.6. The maximum Gasteiger partial charge on any atom is 0.170 e.